The van der Waals surface area contributed by atoms with Gasteiger partial charge in [0, 0.05) is 17.1 Å². The summed E-state index contributed by atoms with van der Waals surface area (Å²) in [6, 6.07) is 12.5. The fraction of sp³-hybridized carbons (Fsp3) is 0.176. The summed E-state index contributed by atoms with van der Waals surface area (Å²) in [7, 11) is 0. The average Bonchev–Trinajstić information content (AvgIpc) is 3.03. The second-order valence-electron chi connectivity index (χ2n) is 5.29. The molecule has 1 aliphatic rings. The van der Waals surface area contributed by atoms with Gasteiger partial charge in [-0.2, -0.15) is 0 Å². The molecule has 24 heavy (non-hydrogen) atoms. The fourth-order valence-electron chi connectivity index (χ4n) is 2.53. The highest BCUT2D eigenvalue weighted by Crippen LogP contribution is 2.32. The summed E-state index contributed by atoms with van der Waals surface area (Å²) in [5.74, 6) is 1.31. The van der Waals surface area contributed by atoms with Gasteiger partial charge in [0.25, 0.3) is 0 Å². The van der Waals surface area contributed by atoms with Crippen LogP contribution < -0.4 is 20.1 Å². The van der Waals surface area contributed by atoms with E-state index < -0.39 is 0 Å². The lowest BCUT2D eigenvalue weighted by atomic mass is 10.2. The number of rotatable bonds is 3. The topological polar surface area (TPSA) is 85.6 Å². The Hall–Kier alpha value is -3.22. The highest BCUT2D eigenvalue weighted by atomic mass is 16.6. The van der Waals surface area contributed by atoms with E-state index in [2.05, 4.69) is 15.8 Å². The number of benzene rings is 2. The first kappa shape index (κ1) is 14.4. The van der Waals surface area contributed by atoms with Gasteiger partial charge in [-0.1, -0.05) is 17.3 Å². The van der Waals surface area contributed by atoms with Crippen LogP contribution in [0.3, 0.4) is 0 Å². The standard InChI is InChI=1S/C17H15N3O4/c21-17(18-10-13-12-3-1-2-4-14(12)24-20-13)19-11-5-6-15-16(9-11)23-8-7-22-15/h1-6,9H,7-8,10H2,(H2,18,19,21). The number of ether oxygens (including phenoxy) is 2. The summed E-state index contributed by atoms with van der Waals surface area (Å²) < 4.78 is 16.2. The Kier molecular flexibility index (Phi) is 3.66. The van der Waals surface area contributed by atoms with Crippen LogP contribution in [0.25, 0.3) is 11.0 Å². The van der Waals surface area contributed by atoms with E-state index in [1.54, 1.807) is 18.2 Å². The fourth-order valence-corrected chi connectivity index (χ4v) is 2.53. The molecule has 0 bridgehead atoms. The molecule has 2 heterocycles. The van der Waals surface area contributed by atoms with E-state index in [0.29, 0.717) is 41.7 Å². The van der Waals surface area contributed by atoms with Gasteiger partial charge in [0.05, 0.1) is 6.54 Å². The molecule has 3 aromatic rings. The number of urea groups is 1. The maximum absolute atomic E-state index is 12.1. The Bertz CT molecular complexity index is 890. The first-order valence-corrected chi connectivity index (χ1v) is 7.57. The second kappa shape index (κ2) is 6.11. The molecule has 2 amide bonds. The molecule has 0 unspecified atom stereocenters. The van der Waals surface area contributed by atoms with Gasteiger partial charge in [0.2, 0.25) is 0 Å². The van der Waals surface area contributed by atoms with Crippen molar-refractivity contribution in [3.05, 3.63) is 48.2 Å². The van der Waals surface area contributed by atoms with Crippen LogP contribution in [0.2, 0.25) is 0 Å². The van der Waals surface area contributed by atoms with Crippen LogP contribution in [0, 0.1) is 0 Å². The van der Waals surface area contributed by atoms with Crippen molar-refractivity contribution in [2.75, 3.05) is 18.5 Å². The molecule has 2 N–H and O–H groups in total. The summed E-state index contributed by atoms with van der Waals surface area (Å²) in [4.78, 5) is 12.1. The monoisotopic (exact) mass is 325 g/mol. The van der Waals surface area contributed by atoms with Gasteiger partial charge in [0.15, 0.2) is 17.1 Å². The quantitative estimate of drug-likeness (QED) is 0.773. The molecule has 7 nitrogen and oxygen atoms in total. The van der Waals surface area contributed by atoms with Crippen LogP contribution in [0.4, 0.5) is 10.5 Å². The van der Waals surface area contributed by atoms with E-state index in [1.807, 2.05) is 24.3 Å². The maximum Gasteiger partial charge on any atom is 0.319 e. The number of anilines is 1. The molecule has 2 aromatic carbocycles. The Morgan fingerprint density at radius 2 is 1.92 bits per heavy atom. The SMILES string of the molecule is O=C(NCc1noc2ccccc12)Nc1ccc2c(c1)OCCO2. The first-order valence-electron chi connectivity index (χ1n) is 7.57. The Balaban J connectivity index is 1.40. The van der Waals surface area contributed by atoms with Crippen molar-refractivity contribution in [2.45, 2.75) is 6.54 Å². The van der Waals surface area contributed by atoms with Crippen LogP contribution in [-0.4, -0.2) is 24.4 Å². The van der Waals surface area contributed by atoms with E-state index in [1.165, 1.54) is 0 Å². The molecule has 1 aromatic heterocycles. The highest BCUT2D eigenvalue weighted by Gasteiger charge is 2.13. The summed E-state index contributed by atoms with van der Waals surface area (Å²) in [6.07, 6.45) is 0. The molecular weight excluding hydrogens is 310 g/mol. The third kappa shape index (κ3) is 2.83. The lowest BCUT2D eigenvalue weighted by Crippen LogP contribution is -2.28. The summed E-state index contributed by atoms with van der Waals surface area (Å²) in [5.41, 5.74) is 2.01. The first-order chi connectivity index (χ1) is 11.8. The Morgan fingerprint density at radius 3 is 2.83 bits per heavy atom. The molecule has 0 atom stereocenters. The number of amides is 2. The van der Waals surface area contributed by atoms with Crippen molar-refractivity contribution >= 4 is 22.7 Å². The normalized spacial score (nSPS) is 12.8. The van der Waals surface area contributed by atoms with E-state index in [0.717, 1.165) is 5.39 Å². The molecule has 0 aliphatic carbocycles. The molecule has 122 valence electrons. The average molecular weight is 325 g/mol. The minimum Gasteiger partial charge on any atom is -0.486 e. The molecule has 0 spiro atoms. The number of nitrogens with zero attached hydrogens (tertiary/aromatic N) is 1. The maximum atomic E-state index is 12.1. The number of hydrogen-bond donors (Lipinski definition) is 2. The molecule has 0 fully saturated rings. The van der Waals surface area contributed by atoms with Gasteiger partial charge in [0.1, 0.15) is 18.9 Å². The predicted octanol–water partition coefficient (Wildman–Crippen LogP) is 2.92. The van der Waals surface area contributed by atoms with Crippen LogP contribution in [0.15, 0.2) is 47.0 Å². The Labute approximate surface area is 137 Å². The van der Waals surface area contributed by atoms with Gasteiger partial charge in [-0.25, -0.2) is 4.79 Å². The highest BCUT2D eigenvalue weighted by molar-refractivity contribution is 5.90. The molecular formula is C17H15N3O4. The van der Waals surface area contributed by atoms with Gasteiger partial charge < -0.3 is 24.6 Å². The number of hydrogen-bond acceptors (Lipinski definition) is 5. The van der Waals surface area contributed by atoms with Crippen molar-refractivity contribution < 1.29 is 18.8 Å². The minimum atomic E-state index is -0.334. The zero-order valence-corrected chi connectivity index (χ0v) is 12.7. The number of carbonyl (C=O) groups excluding carboxylic acids is 1. The number of nitrogens with one attached hydrogen (secondary N) is 2. The predicted molar refractivity (Wildman–Crippen MR) is 87.3 cm³/mol. The molecule has 0 saturated heterocycles. The van der Waals surface area contributed by atoms with E-state index >= 15 is 0 Å². The van der Waals surface area contributed by atoms with Crippen LogP contribution in [0.1, 0.15) is 5.69 Å². The van der Waals surface area contributed by atoms with Crippen LogP contribution in [-0.2, 0) is 6.54 Å². The van der Waals surface area contributed by atoms with Crippen molar-refractivity contribution in [3.8, 4) is 11.5 Å². The third-order valence-corrected chi connectivity index (χ3v) is 3.67. The Morgan fingerprint density at radius 1 is 1.08 bits per heavy atom. The number of carbonyl (C=O) groups is 1. The van der Waals surface area contributed by atoms with Crippen molar-refractivity contribution in [1.29, 1.82) is 0 Å². The number of aromatic nitrogens is 1. The van der Waals surface area contributed by atoms with Crippen LogP contribution >= 0.6 is 0 Å². The van der Waals surface area contributed by atoms with E-state index in [9.17, 15) is 4.79 Å². The lowest BCUT2D eigenvalue weighted by molar-refractivity contribution is 0.171. The summed E-state index contributed by atoms with van der Waals surface area (Å²) in [5, 5.41) is 10.4. The van der Waals surface area contributed by atoms with Crippen molar-refractivity contribution in [1.82, 2.24) is 10.5 Å². The number of para-hydroxylation sites is 1. The molecule has 1 aliphatic heterocycles. The summed E-state index contributed by atoms with van der Waals surface area (Å²) in [6.45, 7) is 1.31. The molecule has 4 rings (SSSR count). The van der Waals surface area contributed by atoms with E-state index in [-0.39, 0.29) is 12.6 Å². The molecule has 0 radical (unpaired) electrons. The number of fused-ring (bicyclic) bond motifs is 2. The lowest BCUT2D eigenvalue weighted by Gasteiger charge is -2.19. The van der Waals surface area contributed by atoms with Gasteiger partial charge in [-0.15, -0.1) is 0 Å². The van der Waals surface area contributed by atoms with Crippen molar-refractivity contribution in [3.63, 3.8) is 0 Å². The third-order valence-electron chi connectivity index (χ3n) is 3.67. The largest absolute Gasteiger partial charge is 0.486 e. The van der Waals surface area contributed by atoms with E-state index in [4.69, 9.17) is 14.0 Å². The smallest absolute Gasteiger partial charge is 0.319 e. The molecule has 0 saturated carbocycles. The van der Waals surface area contributed by atoms with Gasteiger partial charge in [-0.3, -0.25) is 0 Å². The molecule has 7 heteroatoms. The summed E-state index contributed by atoms with van der Waals surface area (Å²) >= 11 is 0. The van der Waals surface area contributed by atoms with Crippen LogP contribution in [0.5, 0.6) is 11.5 Å². The van der Waals surface area contributed by atoms with Gasteiger partial charge >= 0.3 is 6.03 Å². The zero-order valence-electron chi connectivity index (χ0n) is 12.7. The zero-order chi connectivity index (χ0) is 16.4. The van der Waals surface area contributed by atoms with Crippen molar-refractivity contribution in [2.24, 2.45) is 0 Å². The second-order valence-corrected chi connectivity index (χ2v) is 5.29. The minimum absolute atomic E-state index is 0.271. The van der Waals surface area contributed by atoms with Gasteiger partial charge in [-0.05, 0) is 24.3 Å².